The zero-order valence-electron chi connectivity index (χ0n) is 9.41. The molecule has 1 aromatic carbocycles. The number of esters is 1. The average molecular weight is 254 g/mol. The number of ether oxygens (including phenoxy) is 1. The lowest BCUT2D eigenvalue weighted by Crippen LogP contribution is -2.05. The number of hydrogen-bond acceptors (Lipinski definition) is 4. The van der Waals surface area contributed by atoms with Crippen LogP contribution < -0.4 is 0 Å². The highest BCUT2D eigenvalue weighted by molar-refractivity contribution is 7.80. The highest BCUT2D eigenvalue weighted by atomic mass is 32.1. The molecule has 0 saturated heterocycles. The summed E-state index contributed by atoms with van der Waals surface area (Å²) < 4.78 is 23.5. The minimum atomic E-state index is -0.481. The molecule has 1 heterocycles. The first-order chi connectivity index (χ1) is 8.04. The second kappa shape index (κ2) is 4.41. The Morgan fingerprint density at radius 2 is 2.24 bits per heavy atom. The van der Waals surface area contributed by atoms with Crippen molar-refractivity contribution >= 4 is 29.6 Å². The van der Waals surface area contributed by atoms with Gasteiger partial charge in [0.15, 0.2) is 0 Å². The molecule has 0 spiro atoms. The van der Waals surface area contributed by atoms with Crippen LogP contribution in [0, 0.1) is 12.7 Å². The molecule has 90 valence electrons. The summed E-state index contributed by atoms with van der Waals surface area (Å²) in [5.74, 6) is -0.537. The summed E-state index contributed by atoms with van der Waals surface area (Å²) in [5.41, 5.74) is 0.651. The van der Waals surface area contributed by atoms with Crippen LogP contribution in [-0.4, -0.2) is 12.6 Å². The third-order valence-electron chi connectivity index (χ3n) is 2.41. The van der Waals surface area contributed by atoms with E-state index in [0.29, 0.717) is 22.3 Å². The lowest BCUT2D eigenvalue weighted by atomic mass is 10.1. The van der Waals surface area contributed by atoms with E-state index in [1.165, 1.54) is 12.1 Å². The Balaban J connectivity index is 2.66. The van der Waals surface area contributed by atoms with Gasteiger partial charge in [0, 0.05) is 16.3 Å². The smallest absolute Gasteiger partial charge is 0.342 e. The molecule has 0 bridgehead atoms. The maximum Gasteiger partial charge on any atom is 0.342 e. The van der Waals surface area contributed by atoms with Crippen molar-refractivity contribution < 1.29 is 18.3 Å². The molecule has 5 heteroatoms. The summed E-state index contributed by atoms with van der Waals surface area (Å²) >= 11 is 3.98. The molecule has 0 fully saturated rings. The van der Waals surface area contributed by atoms with Crippen molar-refractivity contribution in [2.24, 2.45) is 0 Å². The van der Waals surface area contributed by atoms with E-state index in [2.05, 4.69) is 12.6 Å². The van der Waals surface area contributed by atoms with Gasteiger partial charge in [-0.05, 0) is 19.9 Å². The van der Waals surface area contributed by atoms with Crippen LogP contribution in [0.25, 0.3) is 11.0 Å². The molecule has 2 rings (SSSR count). The maximum atomic E-state index is 13.3. The van der Waals surface area contributed by atoms with E-state index in [1.54, 1.807) is 13.8 Å². The molecule has 0 saturated carbocycles. The Labute approximate surface area is 103 Å². The van der Waals surface area contributed by atoms with Crippen molar-refractivity contribution in [1.82, 2.24) is 0 Å². The second-order valence-electron chi connectivity index (χ2n) is 3.55. The van der Waals surface area contributed by atoms with E-state index in [0.717, 1.165) is 0 Å². The third-order valence-corrected chi connectivity index (χ3v) is 2.76. The molecule has 3 nitrogen and oxygen atoms in total. The lowest BCUT2D eigenvalue weighted by Gasteiger charge is -2.00. The van der Waals surface area contributed by atoms with Crippen LogP contribution >= 0.6 is 12.6 Å². The molecule has 0 N–H and O–H groups in total. The molecule has 0 unspecified atom stereocenters. The quantitative estimate of drug-likeness (QED) is 0.660. The van der Waals surface area contributed by atoms with Crippen molar-refractivity contribution in [1.29, 1.82) is 0 Å². The lowest BCUT2D eigenvalue weighted by molar-refractivity contribution is 0.0526. The van der Waals surface area contributed by atoms with Gasteiger partial charge in [0.1, 0.15) is 22.7 Å². The number of rotatable bonds is 2. The van der Waals surface area contributed by atoms with Gasteiger partial charge in [-0.3, -0.25) is 0 Å². The largest absolute Gasteiger partial charge is 0.462 e. The van der Waals surface area contributed by atoms with Crippen molar-refractivity contribution in [3.8, 4) is 0 Å². The number of carbonyl (C=O) groups excluding carboxylic acids is 1. The zero-order valence-corrected chi connectivity index (χ0v) is 10.3. The summed E-state index contributed by atoms with van der Waals surface area (Å²) in [7, 11) is 0. The zero-order chi connectivity index (χ0) is 12.6. The molecular formula is C12H11FO3S. The van der Waals surface area contributed by atoms with Crippen LogP contribution in [0.1, 0.15) is 23.0 Å². The summed E-state index contributed by atoms with van der Waals surface area (Å²) in [6, 6.07) is 2.68. The molecule has 0 aliphatic heterocycles. The minimum Gasteiger partial charge on any atom is -0.462 e. The topological polar surface area (TPSA) is 39.4 Å². The third kappa shape index (κ3) is 2.02. The SMILES string of the molecule is CCOC(=O)c1c(C)oc2cc(F)c(S)cc12. The van der Waals surface area contributed by atoms with Crippen molar-refractivity contribution in [3.63, 3.8) is 0 Å². The van der Waals surface area contributed by atoms with Crippen LogP contribution in [0.15, 0.2) is 21.4 Å². The summed E-state index contributed by atoms with van der Waals surface area (Å²) in [5, 5.41) is 0.521. The number of hydrogen-bond donors (Lipinski definition) is 1. The fourth-order valence-corrected chi connectivity index (χ4v) is 1.88. The van der Waals surface area contributed by atoms with Crippen LogP contribution in [0.2, 0.25) is 0 Å². The predicted octanol–water partition coefficient (Wildman–Crippen LogP) is 3.35. The van der Waals surface area contributed by atoms with Gasteiger partial charge in [-0.15, -0.1) is 12.6 Å². The maximum absolute atomic E-state index is 13.3. The van der Waals surface area contributed by atoms with Gasteiger partial charge < -0.3 is 9.15 Å². The van der Waals surface area contributed by atoms with Gasteiger partial charge in [0.2, 0.25) is 0 Å². The van der Waals surface area contributed by atoms with Crippen molar-refractivity contribution in [2.75, 3.05) is 6.61 Å². The van der Waals surface area contributed by atoms with Gasteiger partial charge in [-0.1, -0.05) is 0 Å². The number of carbonyl (C=O) groups is 1. The van der Waals surface area contributed by atoms with E-state index < -0.39 is 11.8 Å². The number of aryl methyl sites for hydroxylation is 1. The molecule has 0 atom stereocenters. The summed E-state index contributed by atoms with van der Waals surface area (Å²) in [6.45, 7) is 3.64. The molecule has 0 radical (unpaired) electrons. The summed E-state index contributed by atoms with van der Waals surface area (Å²) in [4.78, 5) is 11.9. The number of thiol groups is 1. The molecule has 0 aliphatic carbocycles. The van der Waals surface area contributed by atoms with Gasteiger partial charge in [-0.2, -0.15) is 0 Å². The number of furan rings is 1. The second-order valence-corrected chi connectivity index (χ2v) is 4.04. The first kappa shape index (κ1) is 12.0. The van der Waals surface area contributed by atoms with E-state index in [4.69, 9.17) is 9.15 Å². The molecule has 0 amide bonds. The highest BCUT2D eigenvalue weighted by Crippen LogP contribution is 2.29. The first-order valence-electron chi connectivity index (χ1n) is 5.13. The van der Waals surface area contributed by atoms with Gasteiger partial charge >= 0.3 is 5.97 Å². The Bertz CT molecular complexity index is 589. The molecule has 0 aliphatic rings. The van der Waals surface area contributed by atoms with Crippen LogP contribution in [0.4, 0.5) is 4.39 Å². The molecular weight excluding hydrogens is 243 g/mol. The van der Waals surface area contributed by atoms with E-state index in [-0.39, 0.29) is 11.5 Å². The predicted molar refractivity (Wildman–Crippen MR) is 64.1 cm³/mol. The van der Waals surface area contributed by atoms with Crippen LogP contribution in [-0.2, 0) is 4.74 Å². The first-order valence-corrected chi connectivity index (χ1v) is 5.58. The average Bonchev–Trinajstić information content (AvgIpc) is 2.55. The fraction of sp³-hybridized carbons (Fsp3) is 0.250. The van der Waals surface area contributed by atoms with E-state index in [9.17, 15) is 9.18 Å². The molecule has 1 aromatic heterocycles. The van der Waals surface area contributed by atoms with Crippen molar-refractivity contribution in [3.05, 3.63) is 29.3 Å². The Hall–Kier alpha value is -1.49. The van der Waals surface area contributed by atoms with Gasteiger partial charge in [0.25, 0.3) is 0 Å². The fourth-order valence-electron chi connectivity index (χ4n) is 1.69. The van der Waals surface area contributed by atoms with Crippen LogP contribution in [0.5, 0.6) is 0 Å². The Morgan fingerprint density at radius 3 is 2.88 bits per heavy atom. The number of halogens is 1. The highest BCUT2D eigenvalue weighted by Gasteiger charge is 2.20. The van der Waals surface area contributed by atoms with Crippen molar-refractivity contribution in [2.45, 2.75) is 18.7 Å². The standard InChI is InChI=1S/C12H11FO3S/c1-3-15-12(14)11-6(2)16-9-5-8(13)10(17)4-7(9)11/h4-5,17H,3H2,1-2H3. The number of fused-ring (bicyclic) bond motifs is 1. The van der Waals surface area contributed by atoms with Gasteiger partial charge in [0.05, 0.1) is 6.61 Å². The molecule has 2 aromatic rings. The Morgan fingerprint density at radius 1 is 1.53 bits per heavy atom. The van der Waals surface area contributed by atoms with Crippen LogP contribution in [0.3, 0.4) is 0 Å². The summed E-state index contributed by atoms with van der Waals surface area (Å²) in [6.07, 6.45) is 0. The monoisotopic (exact) mass is 254 g/mol. The van der Waals surface area contributed by atoms with Gasteiger partial charge in [-0.25, -0.2) is 9.18 Å². The number of benzene rings is 1. The van der Waals surface area contributed by atoms with E-state index in [1.807, 2.05) is 0 Å². The molecule has 17 heavy (non-hydrogen) atoms. The minimum absolute atomic E-state index is 0.170. The van der Waals surface area contributed by atoms with E-state index >= 15 is 0 Å². The normalized spacial score (nSPS) is 10.8. The Kier molecular flexibility index (Phi) is 3.11.